The number of hydrogen-bond acceptors (Lipinski definition) is 9. The van der Waals surface area contributed by atoms with Crippen LogP contribution in [0, 0.1) is 5.92 Å². The minimum atomic E-state index is -2.27. The number of carbonyl (C=O) groups is 1. The van der Waals surface area contributed by atoms with E-state index in [0.29, 0.717) is 18.6 Å². The van der Waals surface area contributed by atoms with Gasteiger partial charge >= 0.3 is 5.97 Å². The van der Waals surface area contributed by atoms with Crippen LogP contribution >= 0.6 is 0 Å². The molecule has 1 spiro atoms. The topological polar surface area (TPSA) is 149 Å². The number of aliphatic carboxylic acids is 1. The fourth-order valence-corrected chi connectivity index (χ4v) is 6.41. The Balaban J connectivity index is 1.41. The third kappa shape index (κ3) is 2.73. The molecule has 5 N–H and O–H groups in total. The summed E-state index contributed by atoms with van der Waals surface area (Å²) in [6, 6.07) is 3.01. The number of likely N-dealkylation sites (N-methyl/N-ethyl adjacent to an activating group) is 1. The van der Waals surface area contributed by atoms with Gasteiger partial charge in [-0.15, -0.1) is 0 Å². The Morgan fingerprint density at radius 3 is 2.79 bits per heavy atom. The van der Waals surface area contributed by atoms with Crippen molar-refractivity contribution in [1.29, 1.82) is 0 Å². The number of piperidine rings is 1. The average molecular weight is 464 g/mol. The number of benzene rings is 1. The number of aliphatic hydroxyl groups is 4. The van der Waals surface area contributed by atoms with Crippen LogP contribution in [-0.2, 0) is 21.4 Å². The molecule has 0 radical (unpaired) electrons. The quantitative estimate of drug-likeness (QED) is 0.344. The monoisotopic (exact) mass is 464 g/mol. The van der Waals surface area contributed by atoms with Crippen molar-refractivity contribution in [3.8, 4) is 11.5 Å². The van der Waals surface area contributed by atoms with E-state index in [1.165, 1.54) is 0 Å². The van der Waals surface area contributed by atoms with Gasteiger partial charge in [-0.1, -0.05) is 18.2 Å². The molecular weight excluding hydrogens is 434 g/mol. The average Bonchev–Trinajstić information content (AvgIpc) is 3.15. The second kappa shape index (κ2) is 7.14. The lowest BCUT2D eigenvalue weighted by molar-refractivity contribution is -0.271. The molecule has 5 aliphatic rings. The molecule has 33 heavy (non-hydrogen) atoms. The molecule has 0 unspecified atom stereocenters. The molecule has 10 heteroatoms. The van der Waals surface area contributed by atoms with Gasteiger partial charge in [0.1, 0.15) is 30.5 Å². The van der Waals surface area contributed by atoms with Crippen LogP contribution in [0.15, 0.2) is 24.3 Å². The zero-order chi connectivity index (χ0) is 25.7. The smallest absolute Gasteiger partial charge is 0.335 e. The summed E-state index contributed by atoms with van der Waals surface area (Å²) in [5, 5.41) is 50.7. The SMILES string of the molecule is [2H]C([2H])([2H])N1CC[C@]23c4c5ccc(O[C@@H]6O[C@H](C(=O)O)[C@@H](O)[C@H](O)[C@H]6O)c4O[C@H]2[C@@H](O)C=C[C@H]3[C@@H]1C5. The molecule has 2 fully saturated rings. The maximum Gasteiger partial charge on any atom is 0.335 e. The van der Waals surface area contributed by atoms with E-state index in [4.69, 9.17) is 18.3 Å². The van der Waals surface area contributed by atoms with Crippen LogP contribution in [0.2, 0.25) is 0 Å². The van der Waals surface area contributed by atoms with Crippen molar-refractivity contribution in [3.63, 3.8) is 0 Å². The predicted molar refractivity (Wildman–Crippen MR) is 111 cm³/mol. The van der Waals surface area contributed by atoms with E-state index in [1.807, 2.05) is 6.08 Å². The fourth-order valence-electron chi connectivity index (χ4n) is 6.41. The van der Waals surface area contributed by atoms with Crippen molar-refractivity contribution in [3.05, 3.63) is 35.4 Å². The summed E-state index contributed by atoms with van der Waals surface area (Å²) in [6.07, 6.45) is -6.11. The van der Waals surface area contributed by atoms with Gasteiger partial charge in [0.15, 0.2) is 17.6 Å². The number of hydrogen-bond donors (Lipinski definition) is 5. The fraction of sp³-hybridized carbons (Fsp3) is 0.609. The second-order valence-electron chi connectivity index (χ2n) is 9.47. The molecule has 3 heterocycles. The third-order valence-electron chi connectivity index (χ3n) is 7.91. The van der Waals surface area contributed by atoms with Crippen LogP contribution in [0.4, 0.5) is 0 Å². The van der Waals surface area contributed by atoms with E-state index in [-0.39, 0.29) is 24.3 Å². The van der Waals surface area contributed by atoms with Crippen molar-refractivity contribution in [1.82, 2.24) is 4.90 Å². The van der Waals surface area contributed by atoms with Gasteiger partial charge in [0, 0.05) is 27.1 Å². The molecule has 0 amide bonds. The highest BCUT2D eigenvalue weighted by Crippen LogP contribution is 2.62. The van der Waals surface area contributed by atoms with Crippen LogP contribution in [0.1, 0.15) is 21.7 Å². The first-order chi connectivity index (χ1) is 16.9. The molecule has 2 bridgehead atoms. The lowest BCUT2D eigenvalue weighted by Crippen LogP contribution is -2.64. The summed E-state index contributed by atoms with van der Waals surface area (Å²) < 4.78 is 41.5. The normalized spacial score (nSPS) is 47.0. The Hall–Kier alpha value is -2.21. The van der Waals surface area contributed by atoms with Gasteiger partial charge < -0.3 is 44.6 Å². The molecule has 2 aliphatic carbocycles. The number of carboxylic acids is 1. The molecule has 10 atom stereocenters. The molecular formula is C23H27NO9. The Kier molecular flexibility index (Phi) is 3.93. The largest absolute Gasteiger partial charge is 0.482 e. The number of nitrogens with zero attached hydrogens (tertiary/aromatic N) is 1. The Labute approximate surface area is 193 Å². The van der Waals surface area contributed by atoms with Crippen LogP contribution < -0.4 is 9.47 Å². The summed E-state index contributed by atoms with van der Waals surface area (Å²) in [7, 11) is 0. The first-order valence-electron chi connectivity index (χ1n) is 12.5. The number of rotatable bonds is 3. The van der Waals surface area contributed by atoms with Gasteiger partial charge in [-0.05, 0) is 38.0 Å². The van der Waals surface area contributed by atoms with Gasteiger partial charge in [0.05, 0.1) is 0 Å². The molecule has 1 aromatic carbocycles. The molecule has 1 aromatic rings. The van der Waals surface area contributed by atoms with Crippen molar-refractivity contribution < 1.29 is 48.7 Å². The van der Waals surface area contributed by atoms with Crippen molar-refractivity contribution >= 4 is 5.97 Å². The first-order valence-corrected chi connectivity index (χ1v) is 11.0. The van der Waals surface area contributed by atoms with E-state index in [2.05, 4.69) is 0 Å². The number of aliphatic hydroxyl groups excluding tert-OH is 4. The lowest BCUT2D eigenvalue weighted by Gasteiger charge is -2.56. The van der Waals surface area contributed by atoms with Crippen molar-refractivity contribution in [2.24, 2.45) is 5.92 Å². The van der Waals surface area contributed by atoms with Crippen molar-refractivity contribution in [2.75, 3.05) is 13.5 Å². The van der Waals surface area contributed by atoms with Crippen LogP contribution in [0.3, 0.4) is 0 Å². The first kappa shape index (κ1) is 18.2. The highest BCUT2D eigenvalue weighted by molar-refractivity contribution is 5.73. The van der Waals surface area contributed by atoms with Crippen molar-refractivity contribution in [2.45, 2.75) is 67.2 Å². The molecule has 178 valence electrons. The Bertz CT molecular complexity index is 1130. The zero-order valence-corrected chi connectivity index (χ0v) is 17.4. The number of likely N-dealkylation sites (tertiary alicyclic amines) is 1. The zero-order valence-electron chi connectivity index (χ0n) is 20.4. The highest BCUT2D eigenvalue weighted by Gasteiger charge is 2.64. The molecule has 3 aliphatic heterocycles. The maximum atomic E-state index is 11.5. The summed E-state index contributed by atoms with van der Waals surface area (Å²) in [5.41, 5.74) is 0.982. The van der Waals surface area contributed by atoms with E-state index < -0.39 is 61.3 Å². The summed E-state index contributed by atoms with van der Waals surface area (Å²) in [4.78, 5) is 13.0. The van der Waals surface area contributed by atoms with E-state index in [1.54, 1.807) is 23.1 Å². The van der Waals surface area contributed by atoms with E-state index in [0.717, 1.165) is 11.1 Å². The van der Waals surface area contributed by atoms with E-state index in [9.17, 15) is 30.3 Å². The Morgan fingerprint density at radius 2 is 2.03 bits per heavy atom. The third-order valence-corrected chi connectivity index (χ3v) is 7.91. The second-order valence-corrected chi connectivity index (χ2v) is 9.47. The summed E-state index contributed by atoms with van der Waals surface area (Å²) >= 11 is 0. The standard InChI is InChI=1S/C23H27NO9/c1-24-7-6-23-10-3-4-12(25)20(23)32-18-13(5-2-9(14(18)23)8-11(10)24)31-22-17(28)15(26)16(27)19(33-22)21(29)30/h2-5,10-12,15-17,19-20,22,25-28H,6-8H2,1H3,(H,29,30)/t10-,11-,12-,15-,16-,17+,19-,20-,22+,23-/m0/s1/i1D3. The van der Waals surface area contributed by atoms with Crippen LogP contribution in [-0.4, -0.2) is 98.9 Å². The van der Waals surface area contributed by atoms with Crippen LogP contribution in [0.5, 0.6) is 11.5 Å². The predicted octanol–water partition coefficient (Wildman–Crippen LogP) is -1.24. The lowest BCUT2D eigenvalue weighted by atomic mass is 9.53. The number of ether oxygens (including phenoxy) is 3. The summed E-state index contributed by atoms with van der Waals surface area (Å²) in [6.45, 7) is -1.98. The van der Waals surface area contributed by atoms with E-state index >= 15 is 0 Å². The number of carboxylic acid groups (broad SMARTS) is 1. The van der Waals surface area contributed by atoms with Gasteiger partial charge in [-0.2, -0.15) is 0 Å². The van der Waals surface area contributed by atoms with Crippen LogP contribution in [0.25, 0.3) is 0 Å². The molecule has 0 aromatic heterocycles. The van der Waals surface area contributed by atoms with Gasteiger partial charge in [0.25, 0.3) is 0 Å². The van der Waals surface area contributed by atoms with Gasteiger partial charge in [-0.3, -0.25) is 0 Å². The Morgan fingerprint density at radius 1 is 1.21 bits per heavy atom. The minimum absolute atomic E-state index is 0.122. The van der Waals surface area contributed by atoms with Gasteiger partial charge in [-0.25, -0.2) is 4.79 Å². The molecule has 0 saturated carbocycles. The van der Waals surface area contributed by atoms with Gasteiger partial charge in [0.2, 0.25) is 6.29 Å². The minimum Gasteiger partial charge on any atom is -0.482 e. The molecule has 2 saturated heterocycles. The molecule has 10 nitrogen and oxygen atoms in total. The molecule has 6 rings (SSSR count). The highest BCUT2D eigenvalue weighted by atomic mass is 16.7. The summed E-state index contributed by atoms with van der Waals surface area (Å²) in [5.74, 6) is -1.32. The maximum absolute atomic E-state index is 11.5.